The molecule has 0 aromatic heterocycles. The average Bonchev–Trinajstić information content (AvgIpc) is 2.39. The minimum absolute atomic E-state index is 0.0387. The summed E-state index contributed by atoms with van der Waals surface area (Å²) >= 11 is 4.96. The smallest absolute Gasteiger partial charge is 0.252 e. The van der Waals surface area contributed by atoms with E-state index in [0.717, 1.165) is 22.2 Å². The summed E-state index contributed by atoms with van der Waals surface area (Å²) in [5.74, 6) is -0.0389. The first kappa shape index (κ1) is 15.5. The SMILES string of the molecule is COCC(CCBr)NC(=O)c1ccccc1SC. The van der Waals surface area contributed by atoms with E-state index in [-0.39, 0.29) is 11.9 Å². The van der Waals surface area contributed by atoms with Gasteiger partial charge < -0.3 is 10.1 Å². The molecule has 0 aliphatic heterocycles. The van der Waals surface area contributed by atoms with Crippen LogP contribution in [-0.4, -0.2) is 37.3 Å². The predicted octanol–water partition coefficient (Wildman–Crippen LogP) is 2.94. The Bertz CT molecular complexity index is 381. The summed E-state index contributed by atoms with van der Waals surface area (Å²) in [6.45, 7) is 0.527. The third-order valence-electron chi connectivity index (χ3n) is 2.51. The van der Waals surface area contributed by atoms with E-state index in [0.29, 0.717) is 6.61 Å². The van der Waals surface area contributed by atoms with Gasteiger partial charge in [0.05, 0.1) is 18.2 Å². The first-order valence-corrected chi connectivity index (χ1v) is 8.06. The lowest BCUT2D eigenvalue weighted by atomic mass is 10.1. The second-order valence-corrected chi connectivity index (χ2v) is 5.44. The highest BCUT2D eigenvalue weighted by Gasteiger charge is 2.15. The highest BCUT2D eigenvalue weighted by molar-refractivity contribution is 9.09. The Morgan fingerprint density at radius 1 is 1.50 bits per heavy atom. The molecular weight excluding hydrogens is 314 g/mol. The van der Waals surface area contributed by atoms with Crippen molar-refractivity contribution in [3.05, 3.63) is 29.8 Å². The number of halogens is 1. The number of methoxy groups -OCH3 is 1. The summed E-state index contributed by atoms with van der Waals surface area (Å²) in [5.41, 5.74) is 0.723. The number of carbonyl (C=O) groups excluding carboxylic acids is 1. The van der Waals surface area contributed by atoms with Crippen LogP contribution in [0, 0.1) is 0 Å². The molecule has 1 atom stereocenters. The Hall–Kier alpha value is -0.520. The number of benzene rings is 1. The van der Waals surface area contributed by atoms with Gasteiger partial charge in [0.15, 0.2) is 0 Å². The van der Waals surface area contributed by atoms with Crippen LogP contribution in [0.25, 0.3) is 0 Å². The molecule has 0 radical (unpaired) electrons. The molecule has 0 saturated carbocycles. The molecule has 100 valence electrons. The van der Waals surface area contributed by atoms with Crippen LogP contribution < -0.4 is 5.32 Å². The number of hydrogen-bond donors (Lipinski definition) is 1. The topological polar surface area (TPSA) is 38.3 Å². The van der Waals surface area contributed by atoms with Crippen LogP contribution >= 0.6 is 27.7 Å². The third-order valence-corrected chi connectivity index (χ3v) is 3.77. The van der Waals surface area contributed by atoms with Crippen LogP contribution in [0.3, 0.4) is 0 Å². The van der Waals surface area contributed by atoms with Crippen molar-refractivity contribution in [2.24, 2.45) is 0 Å². The van der Waals surface area contributed by atoms with Crippen LogP contribution in [0.4, 0.5) is 0 Å². The minimum Gasteiger partial charge on any atom is -0.383 e. The van der Waals surface area contributed by atoms with Gasteiger partial charge in [0.1, 0.15) is 0 Å². The summed E-state index contributed by atoms with van der Waals surface area (Å²) < 4.78 is 5.11. The van der Waals surface area contributed by atoms with E-state index in [4.69, 9.17) is 4.74 Å². The summed E-state index contributed by atoms with van der Waals surface area (Å²) in [7, 11) is 1.64. The van der Waals surface area contributed by atoms with Gasteiger partial charge in [-0.2, -0.15) is 0 Å². The summed E-state index contributed by atoms with van der Waals surface area (Å²) in [6, 6.07) is 7.66. The minimum atomic E-state index is -0.0389. The molecule has 1 aromatic rings. The highest BCUT2D eigenvalue weighted by atomic mass is 79.9. The van der Waals surface area contributed by atoms with Crippen molar-refractivity contribution in [1.82, 2.24) is 5.32 Å². The van der Waals surface area contributed by atoms with Crippen LogP contribution in [0.1, 0.15) is 16.8 Å². The fourth-order valence-corrected chi connectivity index (χ4v) is 2.77. The van der Waals surface area contributed by atoms with Crippen molar-refractivity contribution in [2.75, 3.05) is 25.3 Å². The van der Waals surface area contributed by atoms with Gasteiger partial charge in [-0.15, -0.1) is 11.8 Å². The van der Waals surface area contributed by atoms with Crippen molar-refractivity contribution >= 4 is 33.6 Å². The number of ether oxygens (including phenoxy) is 1. The molecule has 0 saturated heterocycles. The Balaban J connectivity index is 2.73. The van der Waals surface area contributed by atoms with Gasteiger partial charge in [-0.25, -0.2) is 0 Å². The molecule has 1 unspecified atom stereocenters. The van der Waals surface area contributed by atoms with E-state index in [1.165, 1.54) is 0 Å². The number of thioether (sulfide) groups is 1. The van der Waals surface area contributed by atoms with E-state index >= 15 is 0 Å². The van der Waals surface area contributed by atoms with Crippen molar-refractivity contribution in [3.8, 4) is 0 Å². The summed E-state index contributed by atoms with van der Waals surface area (Å²) in [6.07, 6.45) is 2.82. The maximum atomic E-state index is 12.2. The zero-order valence-electron chi connectivity index (χ0n) is 10.6. The molecular formula is C13H18BrNO2S. The van der Waals surface area contributed by atoms with E-state index in [1.54, 1.807) is 18.9 Å². The van der Waals surface area contributed by atoms with E-state index in [9.17, 15) is 4.79 Å². The van der Waals surface area contributed by atoms with Gasteiger partial charge in [-0.05, 0) is 24.8 Å². The summed E-state index contributed by atoms with van der Waals surface area (Å²) in [5, 5.41) is 3.84. The molecule has 0 heterocycles. The zero-order valence-corrected chi connectivity index (χ0v) is 13.0. The number of amides is 1. The molecule has 18 heavy (non-hydrogen) atoms. The predicted molar refractivity (Wildman–Crippen MR) is 79.8 cm³/mol. The molecule has 0 fully saturated rings. The van der Waals surface area contributed by atoms with Crippen LogP contribution in [0.2, 0.25) is 0 Å². The highest BCUT2D eigenvalue weighted by Crippen LogP contribution is 2.19. The standard InChI is InChI=1S/C13H18BrNO2S/c1-17-9-10(7-8-14)15-13(16)11-5-3-4-6-12(11)18-2/h3-6,10H,7-9H2,1-2H3,(H,15,16). The lowest BCUT2D eigenvalue weighted by Gasteiger charge is -2.17. The molecule has 5 heteroatoms. The van der Waals surface area contributed by atoms with Crippen molar-refractivity contribution < 1.29 is 9.53 Å². The first-order chi connectivity index (χ1) is 8.72. The summed E-state index contributed by atoms with van der Waals surface area (Å²) in [4.78, 5) is 13.2. The van der Waals surface area contributed by atoms with Crippen molar-refractivity contribution in [1.29, 1.82) is 0 Å². The monoisotopic (exact) mass is 331 g/mol. The third kappa shape index (κ3) is 4.63. The molecule has 1 amide bonds. The lowest BCUT2D eigenvalue weighted by Crippen LogP contribution is -2.38. The zero-order chi connectivity index (χ0) is 13.4. The second kappa shape index (κ2) is 8.56. The van der Waals surface area contributed by atoms with Crippen molar-refractivity contribution in [3.63, 3.8) is 0 Å². The van der Waals surface area contributed by atoms with E-state index < -0.39 is 0 Å². The number of carbonyl (C=O) groups is 1. The fraction of sp³-hybridized carbons (Fsp3) is 0.462. The second-order valence-electron chi connectivity index (χ2n) is 3.80. The van der Waals surface area contributed by atoms with Gasteiger partial charge in [0, 0.05) is 17.3 Å². The molecule has 0 bridgehead atoms. The molecule has 0 aliphatic carbocycles. The molecule has 3 nitrogen and oxygen atoms in total. The number of nitrogens with one attached hydrogen (secondary N) is 1. The van der Waals surface area contributed by atoms with Crippen LogP contribution in [-0.2, 0) is 4.74 Å². The first-order valence-electron chi connectivity index (χ1n) is 5.71. The van der Waals surface area contributed by atoms with E-state index in [1.807, 2.05) is 30.5 Å². The lowest BCUT2D eigenvalue weighted by molar-refractivity contribution is 0.0892. The number of alkyl halides is 1. The van der Waals surface area contributed by atoms with Gasteiger partial charge in [0.2, 0.25) is 0 Å². The molecule has 1 rings (SSSR count). The van der Waals surface area contributed by atoms with Gasteiger partial charge >= 0.3 is 0 Å². The average molecular weight is 332 g/mol. The van der Waals surface area contributed by atoms with Gasteiger partial charge in [0.25, 0.3) is 5.91 Å². The van der Waals surface area contributed by atoms with Gasteiger partial charge in [-0.1, -0.05) is 28.1 Å². The molecule has 1 aromatic carbocycles. The van der Waals surface area contributed by atoms with Crippen LogP contribution in [0.5, 0.6) is 0 Å². The number of rotatable bonds is 7. The van der Waals surface area contributed by atoms with Gasteiger partial charge in [-0.3, -0.25) is 4.79 Å². The molecule has 1 N–H and O–H groups in total. The Morgan fingerprint density at radius 3 is 2.83 bits per heavy atom. The molecule has 0 aliphatic rings. The maximum Gasteiger partial charge on any atom is 0.252 e. The maximum absolute atomic E-state index is 12.2. The van der Waals surface area contributed by atoms with Crippen LogP contribution in [0.15, 0.2) is 29.2 Å². The Kier molecular flexibility index (Phi) is 7.39. The van der Waals surface area contributed by atoms with E-state index in [2.05, 4.69) is 21.2 Å². The fourth-order valence-electron chi connectivity index (χ4n) is 1.63. The normalized spacial score (nSPS) is 12.2. The number of hydrogen-bond acceptors (Lipinski definition) is 3. The quantitative estimate of drug-likeness (QED) is 0.616. The van der Waals surface area contributed by atoms with Crippen molar-refractivity contribution in [2.45, 2.75) is 17.4 Å². The Morgan fingerprint density at radius 2 is 2.22 bits per heavy atom. The largest absolute Gasteiger partial charge is 0.383 e. The Labute approximate surface area is 121 Å². The molecule has 0 spiro atoms.